The van der Waals surface area contributed by atoms with Gasteiger partial charge in [-0.2, -0.15) is 13.2 Å². The number of carboxylic acid groups (broad SMARTS) is 1. The summed E-state index contributed by atoms with van der Waals surface area (Å²) in [5.41, 5.74) is -4.99. The lowest BCUT2D eigenvalue weighted by molar-refractivity contribution is -0.0326. The summed E-state index contributed by atoms with van der Waals surface area (Å²) in [5, 5.41) is 8.91. The van der Waals surface area contributed by atoms with Crippen LogP contribution >= 0.6 is 27.7 Å². The molecule has 0 aliphatic rings. The van der Waals surface area contributed by atoms with Crippen LogP contribution in [-0.2, 0) is 9.84 Å². The van der Waals surface area contributed by atoms with Crippen LogP contribution in [0, 0.1) is 0 Å². The molecule has 10 heteroatoms. The predicted molar refractivity (Wildman–Crippen MR) is 71.7 cm³/mol. The Balaban J connectivity index is 3.03. The van der Waals surface area contributed by atoms with Crippen LogP contribution in [0.4, 0.5) is 13.2 Å². The fraction of sp³-hybridized carbons (Fsp3) is 0.300. The molecule has 20 heavy (non-hydrogen) atoms. The van der Waals surface area contributed by atoms with Crippen molar-refractivity contribution in [2.24, 2.45) is 0 Å². The lowest BCUT2D eigenvalue weighted by atomic mass is 10.2. The molecule has 1 N–H and O–H groups in total. The summed E-state index contributed by atoms with van der Waals surface area (Å²) >= 11 is 2.53. The van der Waals surface area contributed by atoms with E-state index in [1.165, 1.54) is 6.07 Å². The van der Waals surface area contributed by atoms with Crippen molar-refractivity contribution in [1.29, 1.82) is 0 Å². The van der Waals surface area contributed by atoms with Crippen LogP contribution < -0.4 is 0 Å². The van der Waals surface area contributed by atoms with E-state index in [-0.39, 0.29) is 0 Å². The maximum Gasteiger partial charge on any atom is 0.441 e. The highest BCUT2D eigenvalue weighted by molar-refractivity contribution is 9.10. The zero-order valence-corrected chi connectivity index (χ0v) is 12.9. The fourth-order valence-corrected chi connectivity index (χ4v) is 4.28. The molecule has 0 aliphatic heterocycles. The summed E-state index contributed by atoms with van der Waals surface area (Å²) < 4.78 is 60.1. The number of hydrogen-bond acceptors (Lipinski definition) is 4. The average Bonchev–Trinajstić information content (AvgIpc) is 2.26. The van der Waals surface area contributed by atoms with Crippen LogP contribution in [0.25, 0.3) is 0 Å². The molecule has 0 saturated carbocycles. The molecule has 1 aromatic carbocycles. The van der Waals surface area contributed by atoms with Crippen LogP contribution in [0.3, 0.4) is 0 Å². The zero-order valence-electron chi connectivity index (χ0n) is 9.65. The van der Waals surface area contributed by atoms with Gasteiger partial charge in [-0.05, 0) is 30.0 Å². The largest absolute Gasteiger partial charge is 0.478 e. The van der Waals surface area contributed by atoms with Gasteiger partial charge in [-0.15, -0.1) is 0 Å². The Bertz CT molecular complexity index is 613. The normalized spacial score (nSPS) is 12.4. The molecular formula is C10H8BrF3O4S2. The molecule has 112 valence electrons. The minimum atomic E-state index is -4.53. The monoisotopic (exact) mass is 392 g/mol. The van der Waals surface area contributed by atoms with E-state index >= 15 is 0 Å². The average molecular weight is 393 g/mol. The second-order valence-electron chi connectivity index (χ2n) is 3.56. The molecule has 0 fully saturated rings. The van der Waals surface area contributed by atoms with Gasteiger partial charge < -0.3 is 5.11 Å². The van der Waals surface area contributed by atoms with Gasteiger partial charge in [0.05, 0.1) is 16.2 Å². The number of hydrogen-bond donors (Lipinski definition) is 1. The third-order valence-corrected chi connectivity index (χ3v) is 5.36. The van der Waals surface area contributed by atoms with Gasteiger partial charge >= 0.3 is 11.5 Å². The number of carbonyl (C=O) groups is 1. The van der Waals surface area contributed by atoms with Crippen molar-refractivity contribution in [2.45, 2.75) is 10.4 Å². The van der Waals surface area contributed by atoms with Crippen LogP contribution in [0.15, 0.2) is 27.6 Å². The first-order valence-electron chi connectivity index (χ1n) is 4.99. The maximum atomic E-state index is 12.0. The second-order valence-corrected chi connectivity index (χ2v) is 7.71. The SMILES string of the molecule is O=C(O)c1ccc(Br)cc1S(=O)(=O)CCSC(F)(F)F. The minimum Gasteiger partial charge on any atom is -0.478 e. The highest BCUT2D eigenvalue weighted by Crippen LogP contribution is 2.31. The summed E-state index contributed by atoms with van der Waals surface area (Å²) in [5.74, 6) is -2.95. The van der Waals surface area contributed by atoms with Crippen molar-refractivity contribution in [3.8, 4) is 0 Å². The fourth-order valence-electron chi connectivity index (χ4n) is 1.31. The van der Waals surface area contributed by atoms with Crippen molar-refractivity contribution in [1.82, 2.24) is 0 Å². The standard InChI is InChI=1S/C10H8BrF3O4S2/c11-6-1-2-7(9(15)16)8(5-6)20(17,18)4-3-19-10(12,13)14/h1-2,5H,3-4H2,(H,15,16). The van der Waals surface area contributed by atoms with E-state index in [4.69, 9.17) is 5.11 Å². The first-order chi connectivity index (χ1) is 9.03. The summed E-state index contributed by atoms with van der Waals surface area (Å²) in [7, 11) is -4.11. The zero-order chi connectivity index (χ0) is 15.6. The first kappa shape index (κ1) is 17.3. The molecule has 1 aromatic rings. The number of thioether (sulfide) groups is 1. The van der Waals surface area contributed by atoms with E-state index in [1.807, 2.05) is 0 Å². The topological polar surface area (TPSA) is 71.4 Å². The molecule has 0 saturated heterocycles. The first-order valence-corrected chi connectivity index (χ1v) is 8.42. The molecular weight excluding hydrogens is 385 g/mol. The van der Waals surface area contributed by atoms with Gasteiger partial charge in [-0.3, -0.25) is 0 Å². The highest BCUT2D eigenvalue weighted by Gasteiger charge is 2.30. The summed E-state index contributed by atoms with van der Waals surface area (Å²) in [4.78, 5) is 10.4. The Hall–Kier alpha value is -0.740. The van der Waals surface area contributed by atoms with Gasteiger partial charge in [0.1, 0.15) is 0 Å². The molecule has 0 atom stereocenters. The van der Waals surface area contributed by atoms with Crippen molar-refractivity contribution in [2.75, 3.05) is 11.5 Å². The van der Waals surface area contributed by atoms with E-state index in [1.54, 1.807) is 0 Å². The van der Waals surface area contributed by atoms with Crippen LogP contribution in [0.1, 0.15) is 10.4 Å². The Morgan fingerprint density at radius 2 is 1.95 bits per heavy atom. The van der Waals surface area contributed by atoms with Crippen molar-refractivity contribution >= 4 is 43.5 Å². The quantitative estimate of drug-likeness (QED) is 0.832. The molecule has 0 bridgehead atoms. The number of carboxylic acids is 1. The molecule has 0 radical (unpaired) electrons. The van der Waals surface area contributed by atoms with E-state index in [2.05, 4.69) is 15.9 Å². The Labute approximate surface area is 125 Å². The Morgan fingerprint density at radius 3 is 2.45 bits per heavy atom. The molecule has 0 aliphatic carbocycles. The van der Waals surface area contributed by atoms with Gasteiger partial charge in [0, 0.05) is 10.2 Å². The Kier molecular flexibility index (Phi) is 5.50. The summed E-state index contributed by atoms with van der Waals surface area (Å²) in [6.45, 7) is 0. The molecule has 0 amide bonds. The summed E-state index contributed by atoms with van der Waals surface area (Å²) in [6.07, 6.45) is 0. The number of halogens is 4. The van der Waals surface area contributed by atoms with Gasteiger partial charge in [-0.25, -0.2) is 13.2 Å². The number of alkyl halides is 3. The summed E-state index contributed by atoms with van der Waals surface area (Å²) in [6, 6.07) is 3.49. The van der Waals surface area contributed by atoms with Crippen LogP contribution in [0.5, 0.6) is 0 Å². The smallest absolute Gasteiger partial charge is 0.441 e. The molecule has 4 nitrogen and oxygen atoms in total. The predicted octanol–water partition coefficient (Wildman–Crippen LogP) is 3.17. The minimum absolute atomic E-state index is 0.324. The van der Waals surface area contributed by atoms with E-state index in [0.29, 0.717) is 4.47 Å². The molecule has 0 aromatic heterocycles. The number of rotatable bonds is 5. The Morgan fingerprint density at radius 1 is 1.35 bits per heavy atom. The van der Waals surface area contributed by atoms with Crippen molar-refractivity contribution in [3.63, 3.8) is 0 Å². The van der Waals surface area contributed by atoms with Gasteiger partial charge in [0.2, 0.25) is 0 Å². The van der Waals surface area contributed by atoms with Gasteiger partial charge in [0.15, 0.2) is 9.84 Å². The molecule has 0 unspecified atom stereocenters. The molecule has 1 rings (SSSR count). The number of benzene rings is 1. The third-order valence-electron chi connectivity index (χ3n) is 2.13. The lowest BCUT2D eigenvalue weighted by Crippen LogP contribution is -2.15. The van der Waals surface area contributed by atoms with Gasteiger partial charge in [-0.1, -0.05) is 15.9 Å². The van der Waals surface area contributed by atoms with Crippen molar-refractivity contribution < 1.29 is 31.5 Å². The molecule has 0 heterocycles. The van der Waals surface area contributed by atoms with E-state index in [9.17, 15) is 26.4 Å². The third kappa shape index (κ3) is 4.98. The second kappa shape index (κ2) is 6.35. The highest BCUT2D eigenvalue weighted by atomic mass is 79.9. The number of aromatic carboxylic acids is 1. The number of sulfone groups is 1. The lowest BCUT2D eigenvalue weighted by Gasteiger charge is -2.09. The van der Waals surface area contributed by atoms with Crippen LogP contribution in [0.2, 0.25) is 0 Å². The molecule has 0 spiro atoms. The van der Waals surface area contributed by atoms with Gasteiger partial charge in [0.25, 0.3) is 0 Å². The van der Waals surface area contributed by atoms with Crippen LogP contribution in [-0.4, -0.2) is 36.5 Å². The maximum absolute atomic E-state index is 12.0. The van der Waals surface area contributed by atoms with E-state index in [0.717, 1.165) is 12.1 Å². The van der Waals surface area contributed by atoms with E-state index < -0.39 is 55.0 Å². The van der Waals surface area contributed by atoms with Crippen molar-refractivity contribution in [3.05, 3.63) is 28.2 Å².